The van der Waals surface area contributed by atoms with Crippen LogP contribution in [0.15, 0.2) is 76.8 Å². The first-order chi connectivity index (χ1) is 13.0. The number of hydrogen-bond donors (Lipinski definition) is 2. The van der Waals surface area contributed by atoms with Crippen LogP contribution in [0.4, 0.5) is 0 Å². The Kier molecular flexibility index (Phi) is 5.68. The van der Waals surface area contributed by atoms with E-state index in [2.05, 4.69) is 10.5 Å². The average molecular weight is 382 g/mol. The predicted octanol–water partition coefficient (Wildman–Crippen LogP) is 3.02. The van der Waals surface area contributed by atoms with E-state index in [-0.39, 0.29) is 11.3 Å². The molecule has 2 aromatic carbocycles. The lowest BCUT2D eigenvalue weighted by atomic mass is 10.2. The molecule has 0 spiro atoms. The number of nitrogens with zero attached hydrogens (tertiary/aromatic N) is 2. The van der Waals surface area contributed by atoms with Crippen molar-refractivity contribution in [2.75, 3.05) is 0 Å². The number of aromatic nitrogens is 1. The number of rotatable bonds is 5. The molecule has 0 unspecified atom stereocenters. The fourth-order valence-corrected chi connectivity index (χ4v) is 2.56. The number of para-hydroxylation sites is 1. The van der Waals surface area contributed by atoms with Gasteiger partial charge in [0.05, 0.1) is 12.8 Å². The zero-order valence-electron chi connectivity index (χ0n) is 14.2. The topological polar surface area (TPSA) is 83.7 Å². The van der Waals surface area contributed by atoms with Crippen LogP contribution in [0.25, 0.3) is 0 Å². The molecule has 0 aliphatic heterocycles. The summed E-state index contributed by atoms with van der Waals surface area (Å²) in [5.41, 5.74) is 3.18. The summed E-state index contributed by atoms with van der Waals surface area (Å²) in [5.74, 6) is -0.586. The number of amides is 1. The van der Waals surface area contributed by atoms with Crippen molar-refractivity contribution in [3.8, 4) is 5.75 Å². The lowest BCUT2D eigenvalue weighted by Crippen LogP contribution is -2.30. The molecule has 0 fully saturated rings. The van der Waals surface area contributed by atoms with Crippen molar-refractivity contribution >= 4 is 23.7 Å². The van der Waals surface area contributed by atoms with E-state index in [1.165, 1.54) is 22.9 Å². The molecule has 3 aromatic rings. The van der Waals surface area contributed by atoms with Crippen molar-refractivity contribution in [2.24, 2.45) is 5.10 Å². The highest BCUT2D eigenvalue weighted by molar-refractivity contribution is 6.30. The average Bonchev–Trinajstić information content (AvgIpc) is 2.66. The second-order valence-electron chi connectivity index (χ2n) is 5.74. The number of phenolic OH excluding ortho intramolecular Hbond substituents is 1. The standard InChI is InChI=1S/C20H16ClN3O3/c21-16-9-7-14(8-10-16)13-24-11-3-5-17(20(24)27)19(26)23-22-12-15-4-1-2-6-18(15)25/h1-12,25H,13H2,(H,23,26)/b22-12-. The highest BCUT2D eigenvalue weighted by atomic mass is 35.5. The van der Waals surface area contributed by atoms with Crippen molar-refractivity contribution in [3.05, 3.63) is 98.9 Å². The van der Waals surface area contributed by atoms with Gasteiger partial charge in [-0.1, -0.05) is 35.9 Å². The van der Waals surface area contributed by atoms with Crippen LogP contribution < -0.4 is 11.0 Å². The third-order valence-corrected chi connectivity index (χ3v) is 4.09. The minimum Gasteiger partial charge on any atom is -0.507 e. The van der Waals surface area contributed by atoms with Crippen LogP contribution in [0.2, 0.25) is 5.02 Å². The van der Waals surface area contributed by atoms with Gasteiger partial charge >= 0.3 is 0 Å². The van der Waals surface area contributed by atoms with Gasteiger partial charge in [0.1, 0.15) is 11.3 Å². The van der Waals surface area contributed by atoms with Gasteiger partial charge in [0.25, 0.3) is 11.5 Å². The normalized spacial score (nSPS) is 10.9. The Morgan fingerprint density at radius 2 is 1.85 bits per heavy atom. The smallest absolute Gasteiger partial charge is 0.276 e. The van der Waals surface area contributed by atoms with E-state index < -0.39 is 11.5 Å². The number of aromatic hydroxyl groups is 1. The Morgan fingerprint density at radius 1 is 1.11 bits per heavy atom. The summed E-state index contributed by atoms with van der Waals surface area (Å²) in [4.78, 5) is 24.8. The van der Waals surface area contributed by atoms with E-state index in [4.69, 9.17) is 11.6 Å². The predicted molar refractivity (Wildman–Crippen MR) is 104 cm³/mol. The fraction of sp³-hybridized carbons (Fsp3) is 0.0500. The van der Waals surface area contributed by atoms with Crippen molar-refractivity contribution in [1.29, 1.82) is 0 Å². The largest absolute Gasteiger partial charge is 0.507 e. The maximum atomic E-state index is 12.6. The molecule has 6 nitrogen and oxygen atoms in total. The molecule has 0 atom stereocenters. The van der Waals surface area contributed by atoms with Crippen LogP contribution in [0.1, 0.15) is 21.5 Å². The van der Waals surface area contributed by atoms with Gasteiger partial charge in [-0.3, -0.25) is 9.59 Å². The quantitative estimate of drug-likeness (QED) is 0.526. The number of hydrazone groups is 1. The Balaban J connectivity index is 1.74. The minimum absolute atomic E-state index is 0.0269. The molecule has 0 bridgehead atoms. The lowest BCUT2D eigenvalue weighted by molar-refractivity contribution is 0.0953. The number of halogens is 1. The van der Waals surface area contributed by atoms with Gasteiger partial charge < -0.3 is 9.67 Å². The maximum Gasteiger partial charge on any atom is 0.276 e. The van der Waals surface area contributed by atoms with Gasteiger partial charge in [-0.15, -0.1) is 0 Å². The molecule has 1 aromatic heterocycles. The number of nitrogens with one attached hydrogen (secondary N) is 1. The molecule has 3 rings (SSSR count). The summed E-state index contributed by atoms with van der Waals surface area (Å²) < 4.78 is 1.44. The highest BCUT2D eigenvalue weighted by Crippen LogP contribution is 2.12. The number of hydrogen-bond acceptors (Lipinski definition) is 4. The van der Waals surface area contributed by atoms with E-state index in [0.717, 1.165) is 5.56 Å². The number of benzene rings is 2. The summed E-state index contributed by atoms with van der Waals surface area (Å²) in [7, 11) is 0. The van der Waals surface area contributed by atoms with E-state index in [1.807, 2.05) is 12.1 Å². The first-order valence-electron chi connectivity index (χ1n) is 8.10. The van der Waals surface area contributed by atoms with Crippen LogP contribution in [-0.2, 0) is 6.54 Å². The summed E-state index contributed by atoms with van der Waals surface area (Å²) >= 11 is 5.86. The van der Waals surface area contributed by atoms with Gasteiger partial charge in [-0.2, -0.15) is 5.10 Å². The van der Waals surface area contributed by atoms with Crippen LogP contribution >= 0.6 is 11.6 Å². The van der Waals surface area contributed by atoms with E-state index >= 15 is 0 Å². The summed E-state index contributed by atoms with van der Waals surface area (Å²) in [6, 6.07) is 16.7. The maximum absolute atomic E-state index is 12.6. The Labute approximate surface area is 160 Å². The van der Waals surface area contributed by atoms with Gasteiger partial charge in [-0.25, -0.2) is 5.43 Å². The fourth-order valence-electron chi connectivity index (χ4n) is 2.44. The second kappa shape index (κ2) is 8.33. The number of carbonyl (C=O) groups excluding carboxylic acids is 1. The molecule has 0 saturated carbocycles. The van der Waals surface area contributed by atoms with E-state index in [9.17, 15) is 14.7 Å². The van der Waals surface area contributed by atoms with Gasteiger partial charge in [0.2, 0.25) is 0 Å². The lowest BCUT2D eigenvalue weighted by Gasteiger charge is -2.08. The van der Waals surface area contributed by atoms with E-state index in [1.54, 1.807) is 42.6 Å². The number of carbonyl (C=O) groups is 1. The molecule has 7 heteroatoms. The third-order valence-electron chi connectivity index (χ3n) is 3.84. The molecule has 0 saturated heterocycles. The molecule has 0 aliphatic carbocycles. The van der Waals surface area contributed by atoms with Gasteiger partial charge in [0, 0.05) is 16.8 Å². The first-order valence-corrected chi connectivity index (χ1v) is 8.47. The van der Waals surface area contributed by atoms with E-state index in [0.29, 0.717) is 17.1 Å². The molecule has 136 valence electrons. The van der Waals surface area contributed by atoms with Crippen molar-refractivity contribution < 1.29 is 9.90 Å². The second-order valence-corrected chi connectivity index (χ2v) is 6.18. The molecule has 1 heterocycles. The van der Waals surface area contributed by atoms with Crippen molar-refractivity contribution in [1.82, 2.24) is 9.99 Å². The molecule has 27 heavy (non-hydrogen) atoms. The van der Waals surface area contributed by atoms with Crippen molar-refractivity contribution in [3.63, 3.8) is 0 Å². The molecule has 1 amide bonds. The SMILES string of the molecule is O=C(N/N=C\c1ccccc1O)c1cccn(Cc2ccc(Cl)cc2)c1=O. The molecule has 0 radical (unpaired) electrons. The van der Waals surface area contributed by atoms with Gasteiger partial charge in [-0.05, 0) is 42.0 Å². The summed E-state index contributed by atoms with van der Waals surface area (Å²) in [5, 5.41) is 14.1. The highest BCUT2D eigenvalue weighted by Gasteiger charge is 2.11. The zero-order valence-corrected chi connectivity index (χ0v) is 14.9. The Bertz CT molecular complexity index is 1040. The Hall–Kier alpha value is -3.38. The van der Waals surface area contributed by atoms with Crippen LogP contribution in [-0.4, -0.2) is 21.8 Å². The van der Waals surface area contributed by atoms with Crippen LogP contribution in [0, 0.1) is 0 Å². The minimum atomic E-state index is -0.628. The number of phenols is 1. The molecule has 0 aliphatic rings. The molecular formula is C20H16ClN3O3. The number of pyridine rings is 1. The molecular weight excluding hydrogens is 366 g/mol. The first kappa shape index (κ1) is 18.4. The molecule has 2 N–H and O–H groups in total. The van der Waals surface area contributed by atoms with Gasteiger partial charge in [0.15, 0.2) is 0 Å². The monoisotopic (exact) mass is 381 g/mol. The third kappa shape index (κ3) is 4.62. The van der Waals surface area contributed by atoms with Crippen molar-refractivity contribution in [2.45, 2.75) is 6.54 Å². The summed E-state index contributed by atoms with van der Waals surface area (Å²) in [6.07, 6.45) is 2.92. The summed E-state index contributed by atoms with van der Waals surface area (Å²) in [6.45, 7) is 0.318. The Morgan fingerprint density at radius 3 is 2.59 bits per heavy atom. The van der Waals surface area contributed by atoms with Crippen LogP contribution in [0.5, 0.6) is 5.75 Å². The van der Waals surface area contributed by atoms with Crippen LogP contribution in [0.3, 0.4) is 0 Å². The zero-order chi connectivity index (χ0) is 19.2.